The number of likely N-dealkylation sites (tertiary alicyclic amines) is 1. The number of carbonyl (C=O) groups excluding carboxylic acids is 1. The van der Waals surface area contributed by atoms with E-state index in [0.717, 1.165) is 68.1 Å². The van der Waals surface area contributed by atoms with Crippen molar-refractivity contribution in [2.45, 2.75) is 58.5 Å². The molecule has 0 radical (unpaired) electrons. The number of anilines is 1. The molecule has 0 aliphatic carbocycles. The van der Waals surface area contributed by atoms with Gasteiger partial charge >= 0.3 is 0 Å². The van der Waals surface area contributed by atoms with Crippen LogP contribution in [0.4, 0.5) is 5.69 Å². The predicted octanol–water partition coefficient (Wildman–Crippen LogP) is 5.06. The van der Waals surface area contributed by atoms with Gasteiger partial charge in [0.2, 0.25) is 5.91 Å². The Morgan fingerprint density at radius 2 is 1.74 bits per heavy atom. The summed E-state index contributed by atoms with van der Waals surface area (Å²) in [5.41, 5.74) is 3.50. The van der Waals surface area contributed by atoms with Crippen LogP contribution in [0.1, 0.15) is 50.7 Å². The van der Waals surface area contributed by atoms with Crippen molar-refractivity contribution in [3.05, 3.63) is 53.6 Å². The largest absolute Gasteiger partial charge is 0.497 e. The molecule has 0 saturated carbocycles. The van der Waals surface area contributed by atoms with Crippen LogP contribution in [0.2, 0.25) is 0 Å². The van der Waals surface area contributed by atoms with Gasteiger partial charge in [0.05, 0.1) is 14.2 Å². The highest BCUT2D eigenvalue weighted by Gasteiger charge is 2.29. The number of ether oxygens (including phenoxy) is 2. The lowest BCUT2D eigenvalue weighted by atomic mass is 10.00. The van der Waals surface area contributed by atoms with E-state index in [1.165, 1.54) is 5.56 Å². The Morgan fingerprint density at radius 3 is 2.32 bits per heavy atom. The Bertz CT molecular complexity index is 842. The number of hydrogen-bond donors (Lipinski definition) is 0. The molecule has 31 heavy (non-hydrogen) atoms. The molecule has 0 unspecified atom stereocenters. The maximum Gasteiger partial charge on any atom is 0.227 e. The second-order valence-electron chi connectivity index (χ2n) is 8.22. The van der Waals surface area contributed by atoms with Crippen molar-refractivity contribution in [1.82, 2.24) is 4.90 Å². The molecule has 0 aromatic heterocycles. The minimum atomic E-state index is 0.238. The molecule has 2 aromatic rings. The van der Waals surface area contributed by atoms with Gasteiger partial charge in [-0.05, 0) is 49.4 Å². The molecule has 1 aliphatic rings. The average molecular weight is 425 g/mol. The first-order valence-electron chi connectivity index (χ1n) is 11.4. The van der Waals surface area contributed by atoms with Crippen molar-refractivity contribution in [1.29, 1.82) is 0 Å². The van der Waals surface area contributed by atoms with E-state index < -0.39 is 0 Å². The van der Waals surface area contributed by atoms with Crippen LogP contribution in [0.25, 0.3) is 0 Å². The third-order valence-corrected chi connectivity index (χ3v) is 6.17. The average Bonchev–Trinajstić information content (AvgIpc) is 2.81. The Balaban J connectivity index is 1.68. The zero-order chi connectivity index (χ0) is 22.2. The number of benzene rings is 2. The number of carbonyl (C=O) groups is 1. The number of rotatable bonds is 9. The van der Waals surface area contributed by atoms with Gasteiger partial charge in [-0.15, -0.1) is 0 Å². The summed E-state index contributed by atoms with van der Waals surface area (Å²) >= 11 is 0. The molecule has 1 fully saturated rings. The van der Waals surface area contributed by atoms with Crippen LogP contribution < -0.4 is 14.4 Å². The van der Waals surface area contributed by atoms with Gasteiger partial charge in [0, 0.05) is 49.4 Å². The molecular weight excluding hydrogens is 388 g/mol. The van der Waals surface area contributed by atoms with Gasteiger partial charge in [0.25, 0.3) is 0 Å². The van der Waals surface area contributed by atoms with Crippen LogP contribution in [0.3, 0.4) is 0 Å². The molecule has 0 atom stereocenters. The van der Waals surface area contributed by atoms with Crippen molar-refractivity contribution >= 4 is 11.6 Å². The Hall–Kier alpha value is -2.53. The van der Waals surface area contributed by atoms with Crippen LogP contribution in [0, 0.1) is 0 Å². The Morgan fingerprint density at radius 1 is 1.03 bits per heavy atom. The van der Waals surface area contributed by atoms with Gasteiger partial charge in [-0.2, -0.15) is 0 Å². The number of hydrogen-bond acceptors (Lipinski definition) is 4. The number of aryl methyl sites for hydroxylation is 1. The zero-order valence-corrected chi connectivity index (χ0v) is 19.4. The minimum absolute atomic E-state index is 0.238. The molecule has 1 saturated heterocycles. The molecule has 1 aliphatic heterocycles. The van der Waals surface area contributed by atoms with E-state index in [4.69, 9.17) is 9.47 Å². The second kappa shape index (κ2) is 11.2. The van der Waals surface area contributed by atoms with Gasteiger partial charge in [-0.3, -0.25) is 9.69 Å². The van der Waals surface area contributed by atoms with E-state index in [0.29, 0.717) is 6.42 Å². The highest BCUT2D eigenvalue weighted by Crippen LogP contribution is 2.29. The van der Waals surface area contributed by atoms with Crippen molar-refractivity contribution in [3.63, 3.8) is 0 Å². The van der Waals surface area contributed by atoms with Gasteiger partial charge in [0.15, 0.2) is 0 Å². The first-order chi connectivity index (χ1) is 15.1. The summed E-state index contributed by atoms with van der Waals surface area (Å²) in [5.74, 6) is 1.90. The molecule has 0 spiro atoms. The van der Waals surface area contributed by atoms with Gasteiger partial charge < -0.3 is 14.4 Å². The third-order valence-electron chi connectivity index (χ3n) is 6.17. The van der Waals surface area contributed by atoms with Crippen LogP contribution in [0.5, 0.6) is 11.5 Å². The lowest BCUT2D eigenvalue weighted by Gasteiger charge is -2.39. The molecule has 2 aromatic carbocycles. The first kappa shape index (κ1) is 23.1. The molecule has 5 nitrogen and oxygen atoms in total. The predicted molar refractivity (Wildman–Crippen MR) is 126 cm³/mol. The van der Waals surface area contributed by atoms with E-state index in [1.54, 1.807) is 14.2 Å². The Kier molecular flexibility index (Phi) is 8.35. The number of nitrogens with zero attached hydrogens (tertiary/aromatic N) is 2. The molecule has 3 rings (SSSR count). The van der Waals surface area contributed by atoms with Crippen molar-refractivity contribution in [2.24, 2.45) is 0 Å². The summed E-state index contributed by atoms with van der Waals surface area (Å²) in [7, 11) is 3.37. The summed E-state index contributed by atoms with van der Waals surface area (Å²) in [4.78, 5) is 17.5. The maximum absolute atomic E-state index is 13.0. The number of amides is 1. The second-order valence-corrected chi connectivity index (χ2v) is 8.22. The number of methoxy groups -OCH3 is 2. The third kappa shape index (κ3) is 5.79. The SMILES string of the molecule is CCCC(=O)N(c1ccc(CC)cc1)C1CCN(Cc2ccc(OC)cc2OC)CC1. The maximum atomic E-state index is 13.0. The van der Waals surface area contributed by atoms with Crippen molar-refractivity contribution < 1.29 is 14.3 Å². The van der Waals surface area contributed by atoms with Gasteiger partial charge in [-0.1, -0.05) is 32.0 Å². The van der Waals surface area contributed by atoms with Crippen LogP contribution in [-0.4, -0.2) is 44.2 Å². The van der Waals surface area contributed by atoms with Crippen LogP contribution >= 0.6 is 0 Å². The number of piperidine rings is 1. The van der Waals surface area contributed by atoms with Crippen molar-refractivity contribution in [2.75, 3.05) is 32.2 Å². The van der Waals surface area contributed by atoms with E-state index in [2.05, 4.69) is 54.0 Å². The quantitative estimate of drug-likeness (QED) is 0.564. The highest BCUT2D eigenvalue weighted by atomic mass is 16.5. The van der Waals surface area contributed by atoms with E-state index in [-0.39, 0.29) is 11.9 Å². The van der Waals surface area contributed by atoms with Gasteiger partial charge in [0.1, 0.15) is 11.5 Å². The lowest BCUT2D eigenvalue weighted by Crippen LogP contribution is -2.47. The van der Waals surface area contributed by atoms with Crippen LogP contribution in [0.15, 0.2) is 42.5 Å². The highest BCUT2D eigenvalue weighted by molar-refractivity contribution is 5.94. The Labute approximate surface area is 187 Å². The van der Waals surface area contributed by atoms with E-state index in [9.17, 15) is 4.79 Å². The summed E-state index contributed by atoms with van der Waals surface area (Å²) < 4.78 is 10.9. The van der Waals surface area contributed by atoms with Gasteiger partial charge in [-0.25, -0.2) is 0 Å². The minimum Gasteiger partial charge on any atom is -0.497 e. The molecule has 168 valence electrons. The molecule has 5 heteroatoms. The monoisotopic (exact) mass is 424 g/mol. The topological polar surface area (TPSA) is 42.0 Å². The first-order valence-corrected chi connectivity index (χ1v) is 11.4. The van der Waals surface area contributed by atoms with Crippen LogP contribution in [-0.2, 0) is 17.8 Å². The molecule has 1 heterocycles. The van der Waals surface area contributed by atoms with E-state index in [1.807, 2.05) is 12.1 Å². The zero-order valence-electron chi connectivity index (χ0n) is 19.4. The molecule has 1 amide bonds. The fraction of sp³-hybridized carbons (Fsp3) is 0.500. The summed E-state index contributed by atoms with van der Waals surface area (Å²) in [6.45, 7) is 6.99. The smallest absolute Gasteiger partial charge is 0.227 e. The molecular formula is C26H36N2O3. The summed E-state index contributed by atoms with van der Waals surface area (Å²) in [6.07, 6.45) is 4.43. The molecule has 0 N–H and O–H groups in total. The summed E-state index contributed by atoms with van der Waals surface area (Å²) in [6, 6.07) is 14.8. The fourth-order valence-corrected chi connectivity index (χ4v) is 4.34. The normalized spacial score (nSPS) is 15.0. The van der Waals surface area contributed by atoms with E-state index >= 15 is 0 Å². The summed E-state index contributed by atoms with van der Waals surface area (Å²) in [5, 5.41) is 0. The lowest BCUT2D eigenvalue weighted by molar-refractivity contribution is -0.119. The fourth-order valence-electron chi connectivity index (χ4n) is 4.34. The molecule has 0 bridgehead atoms. The van der Waals surface area contributed by atoms with Crippen molar-refractivity contribution in [3.8, 4) is 11.5 Å². The standard InChI is InChI=1S/C26H36N2O3/c1-5-7-26(29)28(22-11-8-20(6-2)9-12-22)23-14-16-27(17-15-23)19-21-10-13-24(30-3)18-25(21)31-4/h8-13,18,23H,5-7,14-17,19H2,1-4H3.